The molecule has 0 saturated heterocycles. The third-order valence-electron chi connectivity index (χ3n) is 4.75. The molecule has 9 nitrogen and oxygen atoms in total. The molecular formula is C23H33N5O4. The Hall–Kier alpha value is -3.36. The Morgan fingerprint density at radius 1 is 1.12 bits per heavy atom. The number of hydrogen-bond donors (Lipinski definition) is 3. The van der Waals surface area contributed by atoms with Gasteiger partial charge in [0.05, 0.1) is 0 Å². The fraction of sp³-hybridized carbons (Fsp3) is 0.478. The number of anilines is 3. The zero-order valence-corrected chi connectivity index (χ0v) is 19.4. The Morgan fingerprint density at radius 3 is 2.41 bits per heavy atom. The molecule has 0 bridgehead atoms. The smallest absolute Gasteiger partial charge is 0.330 e. The summed E-state index contributed by atoms with van der Waals surface area (Å²) in [7, 11) is 0. The van der Waals surface area contributed by atoms with Gasteiger partial charge in [-0.2, -0.15) is 0 Å². The van der Waals surface area contributed by atoms with Crippen LogP contribution in [0.5, 0.6) is 0 Å². The third-order valence-corrected chi connectivity index (χ3v) is 4.75. The van der Waals surface area contributed by atoms with Crippen LogP contribution in [0.4, 0.5) is 17.2 Å². The number of nitrogen functional groups attached to an aromatic ring is 1. The highest BCUT2D eigenvalue weighted by molar-refractivity contribution is 5.99. The minimum absolute atomic E-state index is 0.0318. The maximum atomic E-state index is 13.1. The van der Waals surface area contributed by atoms with Gasteiger partial charge in [-0.1, -0.05) is 39.8 Å². The molecule has 0 radical (unpaired) electrons. The van der Waals surface area contributed by atoms with E-state index in [9.17, 15) is 19.2 Å². The van der Waals surface area contributed by atoms with Crippen molar-refractivity contribution in [3.05, 3.63) is 50.7 Å². The summed E-state index contributed by atoms with van der Waals surface area (Å²) in [6.07, 6.45) is -0.155. The van der Waals surface area contributed by atoms with Gasteiger partial charge < -0.3 is 16.0 Å². The Morgan fingerprint density at radius 2 is 1.81 bits per heavy atom. The Labute approximate surface area is 187 Å². The van der Waals surface area contributed by atoms with Crippen molar-refractivity contribution in [2.75, 3.05) is 22.5 Å². The fourth-order valence-electron chi connectivity index (χ4n) is 3.37. The number of rotatable bonds is 9. The van der Waals surface area contributed by atoms with Gasteiger partial charge in [0.25, 0.3) is 5.56 Å². The molecule has 1 aromatic carbocycles. The lowest BCUT2D eigenvalue weighted by Crippen LogP contribution is -2.43. The third kappa shape index (κ3) is 6.57. The number of nitrogens with zero attached hydrogens (tertiary/aromatic N) is 2. The molecule has 0 fully saturated rings. The summed E-state index contributed by atoms with van der Waals surface area (Å²) in [6.45, 7) is 10.1. The summed E-state index contributed by atoms with van der Waals surface area (Å²) in [4.78, 5) is 53.8. The van der Waals surface area contributed by atoms with Crippen LogP contribution in [0.2, 0.25) is 0 Å². The first-order valence-corrected chi connectivity index (χ1v) is 10.8. The molecule has 9 heteroatoms. The van der Waals surface area contributed by atoms with Crippen molar-refractivity contribution in [1.82, 2.24) is 9.55 Å². The number of amides is 2. The Balaban J connectivity index is 2.26. The van der Waals surface area contributed by atoms with Crippen molar-refractivity contribution >= 4 is 29.0 Å². The average molecular weight is 444 g/mol. The number of H-pyrrole nitrogens is 1. The van der Waals surface area contributed by atoms with Crippen molar-refractivity contribution < 1.29 is 9.59 Å². The van der Waals surface area contributed by atoms with Gasteiger partial charge in [-0.3, -0.25) is 23.9 Å². The summed E-state index contributed by atoms with van der Waals surface area (Å²) in [6, 6.07) is 7.37. The lowest BCUT2D eigenvalue weighted by molar-refractivity contribution is -0.122. The zero-order chi connectivity index (χ0) is 24.0. The zero-order valence-electron chi connectivity index (χ0n) is 19.4. The lowest BCUT2D eigenvalue weighted by Gasteiger charge is -2.26. The maximum Gasteiger partial charge on any atom is 0.330 e. The molecule has 0 aliphatic heterocycles. The topological polar surface area (TPSA) is 130 Å². The summed E-state index contributed by atoms with van der Waals surface area (Å²) in [5.74, 6) is -0.631. The van der Waals surface area contributed by atoms with Gasteiger partial charge in [-0.05, 0) is 36.5 Å². The second kappa shape index (κ2) is 10.8. The number of nitrogens with one attached hydrogen (secondary N) is 2. The summed E-state index contributed by atoms with van der Waals surface area (Å²) < 4.78 is 1.27. The molecule has 1 heterocycles. The minimum atomic E-state index is -0.717. The molecule has 174 valence electrons. The van der Waals surface area contributed by atoms with Crippen molar-refractivity contribution in [2.24, 2.45) is 11.8 Å². The van der Waals surface area contributed by atoms with Crippen LogP contribution in [0.25, 0.3) is 0 Å². The number of carbonyl (C=O) groups is 2. The molecule has 2 amide bonds. The van der Waals surface area contributed by atoms with Crippen molar-refractivity contribution in [1.29, 1.82) is 0 Å². The van der Waals surface area contributed by atoms with Crippen LogP contribution >= 0.6 is 0 Å². The van der Waals surface area contributed by atoms with Crippen LogP contribution in [0.3, 0.4) is 0 Å². The predicted octanol–water partition coefficient (Wildman–Crippen LogP) is 2.49. The van der Waals surface area contributed by atoms with Crippen LogP contribution in [-0.4, -0.2) is 27.9 Å². The molecule has 32 heavy (non-hydrogen) atoms. The van der Waals surface area contributed by atoms with Gasteiger partial charge >= 0.3 is 5.69 Å². The number of aromatic amines is 1. The number of aromatic nitrogens is 2. The van der Waals surface area contributed by atoms with Gasteiger partial charge in [-0.25, -0.2) is 4.79 Å². The van der Waals surface area contributed by atoms with E-state index in [0.717, 1.165) is 5.56 Å². The van der Waals surface area contributed by atoms with E-state index in [1.807, 2.05) is 52.8 Å². The van der Waals surface area contributed by atoms with E-state index in [4.69, 9.17) is 5.73 Å². The molecule has 0 spiro atoms. The van der Waals surface area contributed by atoms with Crippen molar-refractivity contribution in [3.8, 4) is 0 Å². The van der Waals surface area contributed by atoms with E-state index in [2.05, 4.69) is 10.3 Å². The molecule has 2 aromatic rings. The number of aryl methyl sites for hydroxylation is 1. The molecule has 1 aromatic heterocycles. The minimum Gasteiger partial charge on any atom is -0.383 e. The molecule has 2 rings (SSSR count). The second-order valence-corrected chi connectivity index (χ2v) is 8.81. The van der Waals surface area contributed by atoms with Gasteiger partial charge in [0, 0.05) is 31.6 Å². The molecule has 0 atom stereocenters. The molecule has 0 aliphatic rings. The van der Waals surface area contributed by atoms with Gasteiger partial charge in [0.2, 0.25) is 11.8 Å². The quantitative estimate of drug-likeness (QED) is 0.548. The largest absolute Gasteiger partial charge is 0.383 e. The number of carbonyl (C=O) groups excluding carboxylic acids is 2. The average Bonchev–Trinajstić information content (AvgIpc) is 2.68. The van der Waals surface area contributed by atoms with Gasteiger partial charge in [0.1, 0.15) is 5.82 Å². The van der Waals surface area contributed by atoms with E-state index < -0.39 is 17.2 Å². The highest BCUT2D eigenvalue weighted by Gasteiger charge is 2.25. The summed E-state index contributed by atoms with van der Waals surface area (Å²) >= 11 is 0. The summed E-state index contributed by atoms with van der Waals surface area (Å²) in [5.41, 5.74) is 6.47. The Kier molecular flexibility index (Phi) is 8.40. The van der Waals surface area contributed by atoms with Crippen molar-refractivity contribution in [3.63, 3.8) is 0 Å². The fourth-order valence-corrected chi connectivity index (χ4v) is 3.37. The van der Waals surface area contributed by atoms with Crippen LogP contribution < -0.4 is 27.2 Å². The van der Waals surface area contributed by atoms with Crippen molar-refractivity contribution in [2.45, 2.75) is 54.0 Å². The molecule has 4 N–H and O–H groups in total. The van der Waals surface area contributed by atoms with Crippen LogP contribution in [0.15, 0.2) is 33.9 Å². The standard InChI is InChI=1S/C23H33N5O4/c1-14(2)12-27(20-21(24)28(13-15(3)4)23(32)26-22(20)31)19(30)10-9-18(29)25-17-8-6-7-16(5)11-17/h6-8,11,14-15H,9-10,12-13,24H2,1-5H3,(H,25,29)(H,26,31,32). The molecule has 0 saturated carbocycles. The first-order chi connectivity index (χ1) is 15.0. The van der Waals surface area contributed by atoms with Crippen LogP contribution in [0, 0.1) is 18.8 Å². The van der Waals surface area contributed by atoms with Crippen LogP contribution in [-0.2, 0) is 16.1 Å². The van der Waals surface area contributed by atoms with E-state index >= 15 is 0 Å². The SMILES string of the molecule is Cc1cccc(NC(=O)CCC(=O)N(CC(C)C)c2c(N)n(CC(C)C)c(=O)[nH]c2=O)c1. The van der Waals surface area contributed by atoms with E-state index in [1.54, 1.807) is 6.07 Å². The normalized spacial score (nSPS) is 11.1. The number of nitrogens with two attached hydrogens (primary N) is 1. The first-order valence-electron chi connectivity index (χ1n) is 10.8. The first kappa shape index (κ1) is 24.9. The van der Waals surface area contributed by atoms with E-state index in [-0.39, 0.29) is 48.6 Å². The molecule has 0 unspecified atom stereocenters. The Bertz CT molecular complexity index is 1080. The lowest BCUT2D eigenvalue weighted by atomic mass is 10.1. The van der Waals surface area contributed by atoms with E-state index in [0.29, 0.717) is 12.2 Å². The number of hydrogen-bond acceptors (Lipinski definition) is 5. The van der Waals surface area contributed by atoms with Gasteiger partial charge in [-0.15, -0.1) is 0 Å². The summed E-state index contributed by atoms with van der Waals surface area (Å²) in [5, 5.41) is 2.77. The highest BCUT2D eigenvalue weighted by atomic mass is 16.2. The highest BCUT2D eigenvalue weighted by Crippen LogP contribution is 2.20. The molecule has 0 aliphatic carbocycles. The van der Waals surface area contributed by atoms with Gasteiger partial charge in [0.15, 0.2) is 5.69 Å². The van der Waals surface area contributed by atoms with E-state index in [1.165, 1.54) is 9.47 Å². The molecular weight excluding hydrogens is 410 g/mol. The maximum absolute atomic E-state index is 13.1. The number of benzene rings is 1. The monoisotopic (exact) mass is 443 g/mol. The van der Waals surface area contributed by atoms with Crippen LogP contribution in [0.1, 0.15) is 46.1 Å². The second-order valence-electron chi connectivity index (χ2n) is 8.81. The predicted molar refractivity (Wildman–Crippen MR) is 127 cm³/mol.